The average molecular weight is 257 g/mol. The van der Waals surface area contributed by atoms with E-state index in [9.17, 15) is 4.79 Å². The summed E-state index contributed by atoms with van der Waals surface area (Å²) in [6.45, 7) is 1.85. The molecular formula is C12H23N3OS. The number of nitrogens with one attached hydrogen (secondary N) is 3. The Kier molecular flexibility index (Phi) is 5.45. The van der Waals surface area contributed by atoms with Crippen molar-refractivity contribution < 1.29 is 4.79 Å². The molecule has 3 N–H and O–H groups in total. The van der Waals surface area contributed by atoms with Gasteiger partial charge in [0, 0.05) is 18.6 Å². The van der Waals surface area contributed by atoms with Gasteiger partial charge < -0.3 is 16.0 Å². The van der Waals surface area contributed by atoms with Crippen molar-refractivity contribution in [3.63, 3.8) is 0 Å². The number of hydrogen-bond acceptors (Lipinski definition) is 3. The SMILES string of the molecule is O=C(NCC1CCCCN1)NC1CCSCC1. The van der Waals surface area contributed by atoms with Gasteiger partial charge in [-0.05, 0) is 43.7 Å². The minimum Gasteiger partial charge on any atom is -0.337 e. The molecule has 1 unspecified atom stereocenters. The highest BCUT2D eigenvalue weighted by atomic mass is 32.2. The van der Waals surface area contributed by atoms with E-state index in [0.717, 1.165) is 25.9 Å². The van der Waals surface area contributed by atoms with Crippen molar-refractivity contribution >= 4 is 17.8 Å². The molecule has 2 rings (SSSR count). The summed E-state index contributed by atoms with van der Waals surface area (Å²) < 4.78 is 0. The standard InChI is InChI=1S/C12H23N3OS/c16-12(15-10-4-7-17-8-5-10)14-9-11-3-1-2-6-13-11/h10-11,13H,1-9H2,(H2,14,15,16). The molecule has 0 bridgehead atoms. The first-order valence-corrected chi connectivity index (χ1v) is 7.85. The molecule has 0 spiro atoms. The van der Waals surface area contributed by atoms with Crippen LogP contribution in [0.15, 0.2) is 0 Å². The first-order chi connectivity index (χ1) is 8.34. The molecule has 0 saturated carbocycles. The lowest BCUT2D eigenvalue weighted by Crippen LogP contribution is -2.49. The van der Waals surface area contributed by atoms with Gasteiger partial charge in [0.25, 0.3) is 0 Å². The molecule has 4 nitrogen and oxygen atoms in total. The van der Waals surface area contributed by atoms with Crippen LogP contribution in [0.4, 0.5) is 4.79 Å². The van der Waals surface area contributed by atoms with E-state index in [-0.39, 0.29) is 6.03 Å². The van der Waals surface area contributed by atoms with Crippen molar-refractivity contribution in [3.05, 3.63) is 0 Å². The molecule has 2 aliphatic rings. The van der Waals surface area contributed by atoms with E-state index in [1.54, 1.807) is 0 Å². The lowest BCUT2D eigenvalue weighted by atomic mass is 10.1. The molecule has 2 aliphatic heterocycles. The first kappa shape index (κ1) is 13.0. The summed E-state index contributed by atoms with van der Waals surface area (Å²) in [4.78, 5) is 11.7. The Morgan fingerprint density at radius 3 is 2.76 bits per heavy atom. The van der Waals surface area contributed by atoms with E-state index in [0.29, 0.717) is 12.1 Å². The van der Waals surface area contributed by atoms with Crippen LogP contribution < -0.4 is 16.0 Å². The summed E-state index contributed by atoms with van der Waals surface area (Å²) in [6.07, 6.45) is 5.95. The smallest absolute Gasteiger partial charge is 0.315 e. The third-order valence-electron chi connectivity index (χ3n) is 3.48. The fraction of sp³-hybridized carbons (Fsp3) is 0.917. The van der Waals surface area contributed by atoms with E-state index < -0.39 is 0 Å². The fourth-order valence-corrected chi connectivity index (χ4v) is 3.50. The molecule has 2 heterocycles. The molecular weight excluding hydrogens is 234 g/mol. The lowest BCUT2D eigenvalue weighted by Gasteiger charge is -2.25. The largest absolute Gasteiger partial charge is 0.337 e. The molecule has 2 saturated heterocycles. The van der Waals surface area contributed by atoms with Gasteiger partial charge in [0.15, 0.2) is 0 Å². The number of piperidine rings is 1. The van der Waals surface area contributed by atoms with E-state index >= 15 is 0 Å². The summed E-state index contributed by atoms with van der Waals surface area (Å²) >= 11 is 1.98. The molecule has 2 amide bonds. The Labute approximate surface area is 108 Å². The molecule has 5 heteroatoms. The van der Waals surface area contributed by atoms with Gasteiger partial charge in [0.1, 0.15) is 0 Å². The number of carbonyl (C=O) groups is 1. The Balaban J connectivity index is 1.59. The number of urea groups is 1. The summed E-state index contributed by atoms with van der Waals surface area (Å²) in [6, 6.07) is 0.862. The quantitative estimate of drug-likeness (QED) is 0.715. The normalized spacial score (nSPS) is 26.5. The maximum atomic E-state index is 11.7. The topological polar surface area (TPSA) is 53.2 Å². The molecule has 17 heavy (non-hydrogen) atoms. The van der Waals surface area contributed by atoms with Gasteiger partial charge in [0.2, 0.25) is 0 Å². The third kappa shape index (κ3) is 4.76. The maximum absolute atomic E-state index is 11.7. The molecule has 0 aromatic rings. The zero-order valence-electron chi connectivity index (χ0n) is 10.3. The van der Waals surface area contributed by atoms with Crippen LogP contribution in [-0.2, 0) is 0 Å². The van der Waals surface area contributed by atoms with Crippen molar-refractivity contribution in [2.45, 2.75) is 44.2 Å². The Hall–Kier alpha value is -0.420. The average Bonchev–Trinajstić information content (AvgIpc) is 2.39. The van der Waals surface area contributed by atoms with E-state index in [4.69, 9.17) is 0 Å². The lowest BCUT2D eigenvalue weighted by molar-refractivity contribution is 0.233. The number of amides is 2. The zero-order chi connectivity index (χ0) is 11.9. The summed E-state index contributed by atoms with van der Waals surface area (Å²) in [5.74, 6) is 2.35. The summed E-state index contributed by atoms with van der Waals surface area (Å²) in [7, 11) is 0. The predicted molar refractivity (Wildman–Crippen MR) is 72.5 cm³/mol. The van der Waals surface area contributed by atoms with Crippen molar-refractivity contribution in [3.8, 4) is 0 Å². The zero-order valence-corrected chi connectivity index (χ0v) is 11.2. The number of carbonyl (C=O) groups excluding carboxylic acids is 1. The minimum atomic E-state index is 0.00859. The monoisotopic (exact) mass is 257 g/mol. The van der Waals surface area contributed by atoms with Crippen LogP contribution in [-0.4, -0.2) is 42.7 Å². The Bertz CT molecular complexity index is 238. The highest BCUT2D eigenvalue weighted by Gasteiger charge is 2.17. The van der Waals surface area contributed by atoms with E-state index in [1.165, 1.54) is 30.8 Å². The van der Waals surface area contributed by atoms with Gasteiger partial charge >= 0.3 is 6.03 Å². The van der Waals surface area contributed by atoms with Crippen molar-refractivity contribution in [2.24, 2.45) is 0 Å². The van der Waals surface area contributed by atoms with Gasteiger partial charge in [-0.25, -0.2) is 4.79 Å². The number of hydrogen-bond donors (Lipinski definition) is 3. The highest BCUT2D eigenvalue weighted by Crippen LogP contribution is 2.16. The molecule has 0 radical (unpaired) electrons. The summed E-state index contributed by atoms with van der Waals surface area (Å²) in [5.41, 5.74) is 0. The molecule has 98 valence electrons. The highest BCUT2D eigenvalue weighted by molar-refractivity contribution is 7.99. The molecule has 0 aromatic carbocycles. The van der Waals surface area contributed by atoms with Crippen LogP contribution in [0.5, 0.6) is 0 Å². The van der Waals surface area contributed by atoms with Gasteiger partial charge in [-0.3, -0.25) is 0 Å². The molecule has 0 aliphatic carbocycles. The van der Waals surface area contributed by atoms with Crippen LogP contribution in [0, 0.1) is 0 Å². The van der Waals surface area contributed by atoms with Gasteiger partial charge in [-0.2, -0.15) is 11.8 Å². The van der Waals surface area contributed by atoms with Crippen molar-refractivity contribution in [1.29, 1.82) is 0 Å². The third-order valence-corrected chi connectivity index (χ3v) is 4.53. The van der Waals surface area contributed by atoms with Crippen LogP contribution in [0.25, 0.3) is 0 Å². The second kappa shape index (κ2) is 7.11. The predicted octanol–water partition coefficient (Wildman–Crippen LogP) is 1.32. The fourth-order valence-electron chi connectivity index (χ4n) is 2.39. The molecule has 2 fully saturated rings. The van der Waals surface area contributed by atoms with E-state index in [1.807, 2.05) is 11.8 Å². The van der Waals surface area contributed by atoms with E-state index in [2.05, 4.69) is 16.0 Å². The first-order valence-electron chi connectivity index (χ1n) is 6.70. The molecule has 1 atom stereocenters. The number of thioether (sulfide) groups is 1. The van der Waals surface area contributed by atoms with Crippen molar-refractivity contribution in [2.75, 3.05) is 24.6 Å². The van der Waals surface area contributed by atoms with Crippen LogP contribution in [0.2, 0.25) is 0 Å². The van der Waals surface area contributed by atoms with Gasteiger partial charge in [0.05, 0.1) is 0 Å². The molecule has 0 aromatic heterocycles. The van der Waals surface area contributed by atoms with Crippen LogP contribution in [0.3, 0.4) is 0 Å². The Morgan fingerprint density at radius 2 is 2.06 bits per heavy atom. The number of rotatable bonds is 3. The maximum Gasteiger partial charge on any atom is 0.315 e. The van der Waals surface area contributed by atoms with Gasteiger partial charge in [-0.1, -0.05) is 6.42 Å². The summed E-state index contributed by atoms with van der Waals surface area (Å²) in [5, 5.41) is 9.48. The second-order valence-corrected chi connectivity index (χ2v) is 6.11. The Morgan fingerprint density at radius 1 is 1.24 bits per heavy atom. The van der Waals surface area contributed by atoms with Crippen LogP contribution >= 0.6 is 11.8 Å². The van der Waals surface area contributed by atoms with Gasteiger partial charge in [-0.15, -0.1) is 0 Å². The minimum absolute atomic E-state index is 0.00859. The van der Waals surface area contributed by atoms with Crippen LogP contribution in [0.1, 0.15) is 32.1 Å². The second-order valence-electron chi connectivity index (χ2n) is 4.89. The van der Waals surface area contributed by atoms with Crippen molar-refractivity contribution in [1.82, 2.24) is 16.0 Å².